The molecule has 0 aliphatic heterocycles. The van der Waals surface area contributed by atoms with E-state index in [-0.39, 0.29) is 5.41 Å². The van der Waals surface area contributed by atoms with Crippen molar-refractivity contribution in [1.29, 1.82) is 0 Å². The van der Waals surface area contributed by atoms with E-state index in [1.54, 1.807) is 30.2 Å². The summed E-state index contributed by atoms with van der Waals surface area (Å²) >= 11 is 1.60. The summed E-state index contributed by atoms with van der Waals surface area (Å²) in [6.45, 7) is 6.11. The third-order valence-electron chi connectivity index (χ3n) is 3.57. The summed E-state index contributed by atoms with van der Waals surface area (Å²) in [5.74, 6) is 1.22. The Morgan fingerprint density at radius 2 is 1.88 bits per heavy atom. The topological polar surface area (TPSA) is 71.3 Å². The van der Waals surface area contributed by atoms with Crippen LogP contribution in [0.1, 0.15) is 26.5 Å². The molecule has 0 unspecified atom stereocenters. The van der Waals surface area contributed by atoms with Gasteiger partial charge in [0.1, 0.15) is 5.76 Å². The normalized spacial score (nSPS) is 11.2. The standard InChI is InChI=1S/C19H20N4O2S/c1-19(2,3)17-12-18(22-25-17)21-23(13-24)14-5-4-6-16(11-14)26-15-7-9-20-10-8-15/h4-13H,1-3H3,(H,21,22). The molecule has 3 rings (SSSR count). The number of hydrazine groups is 1. The van der Waals surface area contributed by atoms with Crippen LogP contribution < -0.4 is 10.4 Å². The van der Waals surface area contributed by atoms with Crippen molar-refractivity contribution in [3.63, 3.8) is 0 Å². The van der Waals surface area contributed by atoms with Gasteiger partial charge in [0.2, 0.25) is 6.41 Å². The van der Waals surface area contributed by atoms with Crippen LogP contribution in [-0.2, 0) is 10.2 Å². The van der Waals surface area contributed by atoms with Gasteiger partial charge in [0, 0.05) is 33.7 Å². The van der Waals surface area contributed by atoms with Crippen molar-refractivity contribution in [2.24, 2.45) is 0 Å². The molecule has 0 saturated carbocycles. The smallest absolute Gasteiger partial charge is 0.232 e. The first-order valence-corrected chi connectivity index (χ1v) is 8.94. The predicted molar refractivity (Wildman–Crippen MR) is 102 cm³/mol. The number of nitrogens with one attached hydrogen (secondary N) is 1. The lowest BCUT2D eigenvalue weighted by Gasteiger charge is -2.18. The SMILES string of the molecule is CC(C)(C)c1cc(NN(C=O)c2cccc(Sc3ccncc3)c2)no1. The number of aromatic nitrogens is 2. The fourth-order valence-electron chi connectivity index (χ4n) is 2.20. The number of benzene rings is 1. The highest BCUT2D eigenvalue weighted by molar-refractivity contribution is 7.99. The zero-order chi connectivity index (χ0) is 18.6. The van der Waals surface area contributed by atoms with E-state index < -0.39 is 0 Å². The van der Waals surface area contributed by atoms with Crippen molar-refractivity contribution in [3.8, 4) is 0 Å². The minimum atomic E-state index is -0.153. The third-order valence-corrected chi connectivity index (χ3v) is 4.57. The van der Waals surface area contributed by atoms with Gasteiger partial charge < -0.3 is 4.52 Å². The van der Waals surface area contributed by atoms with Crippen molar-refractivity contribution in [1.82, 2.24) is 10.1 Å². The maximum absolute atomic E-state index is 11.6. The maximum Gasteiger partial charge on any atom is 0.232 e. The molecule has 0 fully saturated rings. The monoisotopic (exact) mass is 368 g/mol. The molecule has 0 radical (unpaired) electrons. The molecular weight excluding hydrogens is 348 g/mol. The molecular formula is C19H20N4O2S. The second-order valence-electron chi connectivity index (χ2n) is 6.70. The number of carbonyl (C=O) groups excluding carboxylic acids is 1. The number of pyridine rings is 1. The molecule has 1 amide bonds. The molecule has 2 heterocycles. The number of hydrogen-bond acceptors (Lipinski definition) is 6. The van der Waals surface area contributed by atoms with E-state index >= 15 is 0 Å². The van der Waals surface area contributed by atoms with Crippen molar-refractivity contribution in [3.05, 3.63) is 60.6 Å². The molecule has 7 heteroatoms. The second kappa shape index (κ2) is 7.61. The Labute approximate surface area is 156 Å². The van der Waals surface area contributed by atoms with E-state index in [1.165, 1.54) is 5.01 Å². The maximum atomic E-state index is 11.6. The van der Waals surface area contributed by atoms with Crippen LogP contribution in [0.5, 0.6) is 0 Å². The van der Waals surface area contributed by atoms with Crippen LogP contribution in [0.2, 0.25) is 0 Å². The van der Waals surface area contributed by atoms with Crippen molar-refractivity contribution in [2.45, 2.75) is 36.0 Å². The molecule has 0 spiro atoms. The van der Waals surface area contributed by atoms with E-state index in [2.05, 4.69) is 15.6 Å². The molecule has 0 aliphatic carbocycles. The Morgan fingerprint density at radius 3 is 2.54 bits per heavy atom. The van der Waals surface area contributed by atoms with Gasteiger partial charge in [-0.1, -0.05) is 43.8 Å². The van der Waals surface area contributed by atoms with Crippen molar-refractivity contribution in [2.75, 3.05) is 10.4 Å². The van der Waals surface area contributed by atoms with Crippen LogP contribution in [0.3, 0.4) is 0 Å². The van der Waals surface area contributed by atoms with Crippen molar-refractivity contribution < 1.29 is 9.32 Å². The summed E-state index contributed by atoms with van der Waals surface area (Å²) < 4.78 is 5.35. The number of anilines is 2. The van der Waals surface area contributed by atoms with Crippen LogP contribution in [0, 0.1) is 0 Å². The molecule has 0 saturated heterocycles. The average molecular weight is 368 g/mol. The van der Waals surface area contributed by atoms with Gasteiger partial charge in [0.25, 0.3) is 0 Å². The van der Waals surface area contributed by atoms with Gasteiger partial charge in [-0.15, -0.1) is 0 Å². The van der Waals surface area contributed by atoms with Crippen LogP contribution in [0.4, 0.5) is 11.5 Å². The highest BCUT2D eigenvalue weighted by Gasteiger charge is 2.20. The molecule has 0 aliphatic rings. The summed E-state index contributed by atoms with van der Waals surface area (Å²) in [7, 11) is 0. The Hall–Kier alpha value is -2.80. The summed E-state index contributed by atoms with van der Waals surface area (Å²) in [5, 5.41) is 5.36. The Morgan fingerprint density at radius 1 is 1.12 bits per heavy atom. The molecule has 26 heavy (non-hydrogen) atoms. The predicted octanol–water partition coefficient (Wildman–Crippen LogP) is 4.51. The summed E-state index contributed by atoms with van der Waals surface area (Å²) in [6, 6.07) is 13.4. The second-order valence-corrected chi connectivity index (χ2v) is 7.84. The number of carbonyl (C=O) groups is 1. The first-order valence-electron chi connectivity index (χ1n) is 8.12. The number of rotatable bonds is 6. The highest BCUT2D eigenvalue weighted by atomic mass is 32.2. The quantitative estimate of drug-likeness (QED) is 0.510. The lowest BCUT2D eigenvalue weighted by atomic mass is 9.93. The minimum absolute atomic E-state index is 0.153. The van der Waals surface area contributed by atoms with Gasteiger partial charge in [-0.2, -0.15) is 0 Å². The van der Waals surface area contributed by atoms with Gasteiger partial charge in [-0.25, -0.2) is 5.01 Å². The zero-order valence-electron chi connectivity index (χ0n) is 14.8. The molecule has 1 N–H and O–H groups in total. The Balaban J connectivity index is 1.77. The Bertz CT molecular complexity index is 875. The van der Waals surface area contributed by atoms with Gasteiger partial charge in [-0.3, -0.25) is 15.2 Å². The minimum Gasteiger partial charge on any atom is -0.359 e. The number of amides is 1. The molecule has 0 bridgehead atoms. The molecule has 2 aromatic heterocycles. The number of hydrogen-bond donors (Lipinski definition) is 1. The fraction of sp³-hybridized carbons (Fsp3) is 0.211. The van der Waals surface area contributed by atoms with Crippen LogP contribution in [0.15, 0.2) is 69.2 Å². The van der Waals surface area contributed by atoms with Gasteiger partial charge >= 0.3 is 0 Å². The molecule has 134 valence electrons. The zero-order valence-corrected chi connectivity index (χ0v) is 15.7. The van der Waals surface area contributed by atoms with Crippen molar-refractivity contribution >= 4 is 29.7 Å². The first kappa shape index (κ1) is 18.0. The molecule has 1 aromatic carbocycles. The van der Waals surface area contributed by atoms with Crippen LogP contribution >= 0.6 is 11.8 Å². The van der Waals surface area contributed by atoms with E-state index in [4.69, 9.17) is 4.52 Å². The summed E-state index contributed by atoms with van der Waals surface area (Å²) in [5.41, 5.74) is 3.52. The van der Waals surface area contributed by atoms with E-state index in [9.17, 15) is 4.79 Å². The van der Waals surface area contributed by atoms with Gasteiger partial charge in [0.15, 0.2) is 5.82 Å². The lowest BCUT2D eigenvalue weighted by Crippen LogP contribution is -2.28. The highest BCUT2D eigenvalue weighted by Crippen LogP contribution is 2.30. The number of nitrogens with zero attached hydrogens (tertiary/aromatic N) is 3. The van der Waals surface area contributed by atoms with E-state index in [1.807, 2.05) is 57.2 Å². The van der Waals surface area contributed by atoms with Crippen LogP contribution in [0.25, 0.3) is 0 Å². The van der Waals surface area contributed by atoms with Gasteiger partial charge in [0.05, 0.1) is 5.69 Å². The van der Waals surface area contributed by atoms with Crippen LogP contribution in [-0.4, -0.2) is 16.6 Å². The Kier molecular flexibility index (Phi) is 5.27. The first-order chi connectivity index (χ1) is 12.5. The fourth-order valence-corrected chi connectivity index (χ4v) is 3.05. The summed E-state index contributed by atoms with van der Waals surface area (Å²) in [4.78, 5) is 17.7. The molecule has 0 atom stereocenters. The van der Waals surface area contributed by atoms with E-state index in [0.29, 0.717) is 17.9 Å². The van der Waals surface area contributed by atoms with Gasteiger partial charge in [-0.05, 0) is 30.3 Å². The molecule has 6 nitrogen and oxygen atoms in total. The lowest BCUT2D eigenvalue weighted by molar-refractivity contribution is -0.107. The average Bonchev–Trinajstić information content (AvgIpc) is 3.10. The molecule has 3 aromatic rings. The largest absolute Gasteiger partial charge is 0.359 e. The summed E-state index contributed by atoms with van der Waals surface area (Å²) in [6.07, 6.45) is 4.22. The third kappa shape index (κ3) is 4.43. The van der Waals surface area contributed by atoms with E-state index in [0.717, 1.165) is 15.6 Å².